The lowest BCUT2D eigenvalue weighted by atomic mass is 9.94. The first-order valence-electron chi connectivity index (χ1n) is 6.79. The van der Waals surface area contributed by atoms with E-state index in [4.69, 9.17) is 10.5 Å². The molecule has 0 aromatic heterocycles. The van der Waals surface area contributed by atoms with E-state index in [1.165, 1.54) is 0 Å². The Bertz CT molecular complexity index is 420. The van der Waals surface area contributed by atoms with E-state index in [-0.39, 0.29) is 17.7 Å². The molecule has 1 amide bonds. The van der Waals surface area contributed by atoms with Gasteiger partial charge in [0.2, 0.25) is 5.91 Å². The maximum atomic E-state index is 12.2. The minimum Gasteiger partial charge on any atom is -0.492 e. The molecule has 112 valence electrons. The maximum Gasteiger partial charge on any atom is 0.227 e. The summed E-state index contributed by atoms with van der Waals surface area (Å²) in [6, 6.07) is 7.63. The Morgan fingerprint density at radius 3 is 2.45 bits per heavy atom. The van der Waals surface area contributed by atoms with Gasteiger partial charge in [-0.05, 0) is 30.2 Å². The predicted molar refractivity (Wildman–Crippen MR) is 84.7 cm³/mol. The Morgan fingerprint density at radius 1 is 1.35 bits per heavy atom. The van der Waals surface area contributed by atoms with Gasteiger partial charge in [0.15, 0.2) is 0 Å². The molecule has 5 heteroatoms. The van der Waals surface area contributed by atoms with E-state index >= 15 is 0 Å². The number of rotatable bonds is 7. The minimum atomic E-state index is -0.118. The number of halogens is 1. The highest BCUT2D eigenvalue weighted by Crippen LogP contribution is 2.16. The first-order valence-corrected chi connectivity index (χ1v) is 7.58. The van der Waals surface area contributed by atoms with Gasteiger partial charge in [-0.1, -0.05) is 29.8 Å². The van der Waals surface area contributed by atoms with Crippen LogP contribution in [0.4, 0.5) is 0 Å². The SMILES string of the molecule is CC(C)C(CN)C(=O)N(C)CCOc1ccc(Br)cc1. The maximum absolute atomic E-state index is 12.2. The van der Waals surface area contributed by atoms with E-state index in [1.54, 1.807) is 11.9 Å². The molecule has 0 saturated heterocycles. The molecule has 1 aromatic rings. The molecule has 2 N–H and O–H groups in total. The van der Waals surface area contributed by atoms with Gasteiger partial charge in [0.25, 0.3) is 0 Å². The third-order valence-corrected chi connectivity index (χ3v) is 3.79. The standard InChI is InChI=1S/C15H23BrN2O2/c1-11(2)14(10-17)15(19)18(3)8-9-20-13-6-4-12(16)5-7-13/h4-7,11,14H,8-10,17H2,1-3H3. The zero-order valence-electron chi connectivity index (χ0n) is 12.3. The molecule has 0 bridgehead atoms. The van der Waals surface area contributed by atoms with Crippen molar-refractivity contribution in [2.75, 3.05) is 26.7 Å². The van der Waals surface area contributed by atoms with Crippen molar-refractivity contribution in [3.8, 4) is 5.75 Å². The van der Waals surface area contributed by atoms with Gasteiger partial charge in [0.05, 0.1) is 12.5 Å². The number of hydrogen-bond acceptors (Lipinski definition) is 3. The van der Waals surface area contributed by atoms with Gasteiger partial charge in [-0.25, -0.2) is 0 Å². The molecule has 0 heterocycles. The quantitative estimate of drug-likeness (QED) is 0.828. The fourth-order valence-electron chi connectivity index (χ4n) is 1.88. The van der Waals surface area contributed by atoms with Crippen LogP contribution < -0.4 is 10.5 Å². The number of nitrogens with zero attached hydrogens (tertiary/aromatic N) is 1. The van der Waals surface area contributed by atoms with Gasteiger partial charge in [0.1, 0.15) is 12.4 Å². The summed E-state index contributed by atoms with van der Waals surface area (Å²) in [5, 5.41) is 0. The Hall–Kier alpha value is -1.07. The molecule has 0 spiro atoms. The number of carbonyl (C=O) groups excluding carboxylic acids is 1. The summed E-state index contributed by atoms with van der Waals surface area (Å²) < 4.78 is 6.62. The van der Waals surface area contributed by atoms with E-state index in [0.717, 1.165) is 10.2 Å². The third-order valence-electron chi connectivity index (χ3n) is 3.26. The predicted octanol–water partition coefficient (Wildman–Crippen LogP) is 2.52. The molecule has 0 saturated carbocycles. The molecule has 0 radical (unpaired) electrons. The summed E-state index contributed by atoms with van der Waals surface area (Å²) in [6.45, 7) is 5.44. The monoisotopic (exact) mass is 342 g/mol. The van der Waals surface area contributed by atoms with Crippen LogP contribution in [0, 0.1) is 11.8 Å². The molecular formula is C15H23BrN2O2. The second kappa shape index (κ2) is 8.27. The van der Waals surface area contributed by atoms with Gasteiger partial charge < -0.3 is 15.4 Å². The van der Waals surface area contributed by atoms with E-state index in [9.17, 15) is 4.79 Å². The molecule has 1 rings (SSSR count). The summed E-state index contributed by atoms with van der Waals surface area (Å²) in [5.41, 5.74) is 5.66. The largest absolute Gasteiger partial charge is 0.492 e. The molecule has 0 aliphatic rings. The smallest absolute Gasteiger partial charge is 0.227 e. The van der Waals surface area contributed by atoms with Crippen LogP contribution in [-0.4, -0.2) is 37.6 Å². The van der Waals surface area contributed by atoms with E-state index in [1.807, 2.05) is 38.1 Å². The Morgan fingerprint density at radius 2 is 1.95 bits per heavy atom. The number of nitrogens with two attached hydrogens (primary N) is 1. The van der Waals surface area contributed by atoms with Crippen molar-refractivity contribution in [1.82, 2.24) is 4.90 Å². The van der Waals surface area contributed by atoms with E-state index in [2.05, 4.69) is 15.9 Å². The zero-order valence-corrected chi connectivity index (χ0v) is 13.9. The van der Waals surface area contributed by atoms with Crippen molar-refractivity contribution in [3.63, 3.8) is 0 Å². The lowest BCUT2D eigenvalue weighted by Gasteiger charge is -2.25. The summed E-state index contributed by atoms with van der Waals surface area (Å²) in [4.78, 5) is 13.9. The molecule has 1 atom stereocenters. The van der Waals surface area contributed by atoms with Crippen LogP contribution in [0.5, 0.6) is 5.75 Å². The normalized spacial score (nSPS) is 12.3. The molecule has 20 heavy (non-hydrogen) atoms. The van der Waals surface area contributed by atoms with Crippen molar-refractivity contribution >= 4 is 21.8 Å². The van der Waals surface area contributed by atoms with Crippen LogP contribution in [0.2, 0.25) is 0 Å². The van der Waals surface area contributed by atoms with Gasteiger partial charge in [-0.15, -0.1) is 0 Å². The average molecular weight is 343 g/mol. The number of amides is 1. The fourth-order valence-corrected chi connectivity index (χ4v) is 2.15. The lowest BCUT2D eigenvalue weighted by Crippen LogP contribution is -2.40. The van der Waals surface area contributed by atoms with Crippen molar-refractivity contribution in [3.05, 3.63) is 28.7 Å². The lowest BCUT2D eigenvalue weighted by molar-refractivity contribution is -0.135. The highest BCUT2D eigenvalue weighted by molar-refractivity contribution is 9.10. The second-order valence-electron chi connectivity index (χ2n) is 5.15. The van der Waals surface area contributed by atoms with Gasteiger partial charge in [-0.2, -0.15) is 0 Å². The Labute approximate surface area is 129 Å². The number of benzene rings is 1. The molecule has 0 fully saturated rings. The highest BCUT2D eigenvalue weighted by Gasteiger charge is 2.23. The van der Waals surface area contributed by atoms with E-state index < -0.39 is 0 Å². The summed E-state index contributed by atoms with van der Waals surface area (Å²) in [6.07, 6.45) is 0. The highest BCUT2D eigenvalue weighted by atomic mass is 79.9. The topological polar surface area (TPSA) is 55.6 Å². The van der Waals surface area contributed by atoms with Crippen LogP contribution in [0.15, 0.2) is 28.7 Å². The second-order valence-corrected chi connectivity index (χ2v) is 6.06. The number of carbonyl (C=O) groups is 1. The van der Waals surface area contributed by atoms with Crippen LogP contribution >= 0.6 is 15.9 Å². The molecular weight excluding hydrogens is 320 g/mol. The number of hydrogen-bond donors (Lipinski definition) is 1. The first kappa shape index (κ1) is 17.0. The summed E-state index contributed by atoms with van der Waals surface area (Å²) in [7, 11) is 1.79. The van der Waals surface area contributed by atoms with Crippen LogP contribution in [0.3, 0.4) is 0 Å². The van der Waals surface area contributed by atoms with Crippen LogP contribution in [0.25, 0.3) is 0 Å². The fraction of sp³-hybridized carbons (Fsp3) is 0.533. The van der Waals surface area contributed by atoms with Crippen molar-refractivity contribution in [2.24, 2.45) is 17.6 Å². The molecule has 0 aliphatic heterocycles. The first-order chi connectivity index (χ1) is 9.45. The Kier molecular flexibility index (Phi) is 7.02. The molecule has 1 aromatic carbocycles. The Balaban J connectivity index is 2.41. The average Bonchev–Trinajstić information content (AvgIpc) is 2.41. The van der Waals surface area contributed by atoms with Crippen LogP contribution in [-0.2, 0) is 4.79 Å². The van der Waals surface area contributed by atoms with E-state index in [0.29, 0.717) is 19.7 Å². The minimum absolute atomic E-state index is 0.0851. The summed E-state index contributed by atoms with van der Waals surface area (Å²) in [5.74, 6) is 1.02. The molecule has 0 aliphatic carbocycles. The third kappa shape index (κ3) is 5.13. The van der Waals surface area contributed by atoms with Gasteiger partial charge >= 0.3 is 0 Å². The summed E-state index contributed by atoms with van der Waals surface area (Å²) >= 11 is 3.37. The van der Waals surface area contributed by atoms with Crippen molar-refractivity contribution in [2.45, 2.75) is 13.8 Å². The van der Waals surface area contributed by atoms with Gasteiger partial charge in [0, 0.05) is 18.1 Å². The zero-order chi connectivity index (χ0) is 15.1. The molecule has 4 nitrogen and oxygen atoms in total. The number of likely N-dealkylation sites (N-methyl/N-ethyl adjacent to an activating group) is 1. The van der Waals surface area contributed by atoms with Gasteiger partial charge in [-0.3, -0.25) is 4.79 Å². The number of ether oxygens (including phenoxy) is 1. The van der Waals surface area contributed by atoms with Crippen molar-refractivity contribution < 1.29 is 9.53 Å². The van der Waals surface area contributed by atoms with Crippen LogP contribution in [0.1, 0.15) is 13.8 Å². The van der Waals surface area contributed by atoms with Crippen molar-refractivity contribution in [1.29, 1.82) is 0 Å². The molecule has 1 unspecified atom stereocenters.